The molecule has 0 aliphatic rings. The second kappa shape index (κ2) is 7.12. The van der Waals surface area contributed by atoms with Crippen molar-refractivity contribution in [2.45, 2.75) is 20.4 Å². The van der Waals surface area contributed by atoms with Crippen LogP contribution < -0.4 is 10.6 Å². The first-order valence-electron chi connectivity index (χ1n) is 7.81. The number of benzene rings is 2. The van der Waals surface area contributed by atoms with Gasteiger partial charge >= 0.3 is 6.03 Å². The summed E-state index contributed by atoms with van der Waals surface area (Å²) in [7, 11) is 0. The first-order valence-corrected chi connectivity index (χ1v) is 7.81. The van der Waals surface area contributed by atoms with Crippen LogP contribution in [-0.4, -0.2) is 21.0 Å². The van der Waals surface area contributed by atoms with Crippen molar-refractivity contribution in [2.75, 3.05) is 10.6 Å². The van der Waals surface area contributed by atoms with Crippen LogP contribution in [-0.2, 0) is 6.54 Å². The Morgan fingerprint density at radius 1 is 1.08 bits per heavy atom. The Hall–Kier alpha value is -3.22. The minimum atomic E-state index is -0.412. The Labute approximate surface area is 144 Å². The molecule has 2 N–H and O–H groups in total. The largest absolute Gasteiger partial charge is 0.324 e. The zero-order chi connectivity index (χ0) is 17.8. The third-order valence-electron chi connectivity index (χ3n) is 3.80. The molecule has 0 saturated heterocycles. The molecule has 7 heteroatoms. The lowest BCUT2D eigenvalue weighted by atomic mass is 10.2. The van der Waals surface area contributed by atoms with Gasteiger partial charge in [0.25, 0.3) is 0 Å². The quantitative estimate of drug-likeness (QED) is 0.761. The lowest BCUT2D eigenvalue weighted by Gasteiger charge is -2.07. The van der Waals surface area contributed by atoms with E-state index >= 15 is 0 Å². The van der Waals surface area contributed by atoms with Gasteiger partial charge in [0.15, 0.2) is 5.82 Å². The summed E-state index contributed by atoms with van der Waals surface area (Å²) in [6.45, 7) is 3.98. The van der Waals surface area contributed by atoms with Gasteiger partial charge in [-0.3, -0.25) is 5.32 Å². The summed E-state index contributed by atoms with van der Waals surface area (Å²) in [5.74, 6) is 0.0324. The lowest BCUT2D eigenvalue weighted by Crippen LogP contribution is -2.20. The minimum absolute atomic E-state index is 0.243. The van der Waals surface area contributed by atoms with E-state index in [1.807, 2.05) is 31.2 Å². The van der Waals surface area contributed by atoms with Crippen LogP contribution in [0.1, 0.15) is 16.8 Å². The molecule has 6 nitrogen and oxygen atoms in total. The van der Waals surface area contributed by atoms with Crippen molar-refractivity contribution in [1.29, 1.82) is 0 Å². The van der Waals surface area contributed by atoms with Crippen molar-refractivity contribution in [2.24, 2.45) is 0 Å². The highest BCUT2D eigenvalue weighted by molar-refractivity contribution is 5.99. The maximum absolute atomic E-state index is 13.8. The van der Waals surface area contributed by atoms with E-state index in [0.717, 1.165) is 5.56 Å². The highest BCUT2D eigenvalue weighted by Crippen LogP contribution is 2.15. The van der Waals surface area contributed by atoms with E-state index in [1.165, 1.54) is 6.07 Å². The average Bonchev–Trinajstić information content (AvgIpc) is 2.92. The maximum atomic E-state index is 13.8. The van der Waals surface area contributed by atoms with Crippen LogP contribution >= 0.6 is 0 Å². The zero-order valence-electron chi connectivity index (χ0n) is 14.0. The number of aromatic nitrogens is 3. The topological polar surface area (TPSA) is 71.8 Å². The number of halogens is 1. The second-order valence-corrected chi connectivity index (χ2v) is 5.72. The first-order chi connectivity index (χ1) is 12.0. The van der Waals surface area contributed by atoms with Gasteiger partial charge in [-0.1, -0.05) is 41.1 Å². The molecule has 0 bridgehead atoms. The number of hydrogen-bond acceptors (Lipinski definition) is 3. The van der Waals surface area contributed by atoms with Crippen molar-refractivity contribution >= 4 is 17.5 Å². The fourth-order valence-corrected chi connectivity index (χ4v) is 2.32. The molecule has 3 aromatic rings. The predicted octanol–water partition coefficient (Wildman–Crippen LogP) is 3.73. The van der Waals surface area contributed by atoms with Crippen molar-refractivity contribution in [1.82, 2.24) is 15.0 Å². The summed E-state index contributed by atoms with van der Waals surface area (Å²) >= 11 is 0. The molecule has 2 amide bonds. The van der Waals surface area contributed by atoms with E-state index in [4.69, 9.17) is 0 Å². The van der Waals surface area contributed by atoms with Crippen LogP contribution in [0.2, 0.25) is 0 Å². The Morgan fingerprint density at radius 2 is 1.80 bits per heavy atom. The summed E-state index contributed by atoms with van der Waals surface area (Å²) in [5, 5.41) is 13.3. The molecular formula is C18H18FN5O. The molecular weight excluding hydrogens is 321 g/mol. The molecule has 0 radical (unpaired) electrons. The molecule has 3 rings (SSSR count). The number of rotatable bonds is 4. The molecule has 0 atom stereocenters. The Kier molecular flexibility index (Phi) is 4.74. The van der Waals surface area contributed by atoms with Gasteiger partial charge in [0.2, 0.25) is 0 Å². The van der Waals surface area contributed by atoms with Crippen molar-refractivity contribution in [3.05, 3.63) is 71.2 Å². The molecule has 0 aliphatic heterocycles. The summed E-state index contributed by atoms with van der Waals surface area (Å²) in [5.41, 5.74) is 2.94. The highest BCUT2D eigenvalue weighted by atomic mass is 19.1. The Morgan fingerprint density at radius 3 is 2.52 bits per heavy atom. The van der Waals surface area contributed by atoms with Gasteiger partial charge in [-0.05, 0) is 32.0 Å². The monoisotopic (exact) mass is 339 g/mol. The van der Waals surface area contributed by atoms with E-state index in [2.05, 4.69) is 20.9 Å². The molecule has 0 fully saturated rings. The molecule has 128 valence electrons. The van der Waals surface area contributed by atoms with Gasteiger partial charge < -0.3 is 5.32 Å². The highest BCUT2D eigenvalue weighted by Gasteiger charge is 2.13. The van der Waals surface area contributed by atoms with Gasteiger partial charge in [0, 0.05) is 11.3 Å². The molecule has 0 saturated carbocycles. The van der Waals surface area contributed by atoms with Crippen molar-refractivity contribution < 1.29 is 9.18 Å². The summed E-state index contributed by atoms with van der Waals surface area (Å²) in [4.78, 5) is 12.1. The maximum Gasteiger partial charge on any atom is 0.324 e. The van der Waals surface area contributed by atoms with Gasteiger partial charge in [-0.15, -0.1) is 5.10 Å². The number of nitrogens with zero attached hydrogens (tertiary/aromatic N) is 3. The number of anilines is 2. The zero-order valence-corrected chi connectivity index (χ0v) is 14.0. The standard InChI is InChI=1S/C18H18FN5O/c1-12-7-9-15(10-8-12)20-18(25)21-17-13(2)24(23-22-17)11-14-5-3-4-6-16(14)19/h3-10H,11H2,1-2H3,(H2,20,21,25). The number of aryl methyl sites for hydroxylation is 1. The number of carbonyl (C=O) groups excluding carboxylic acids is 1. The number of amides is 2. The first kappa shape index (κ1) is 16.6. The van der Waals surface area contributed by atoms with Crippen LogP contribution in [0, 0.1) is 19.7 Å². The van der Waals surface area contributed by atoms with Gasteiger partial charge in [-0.25, -0.2) is 13.9 Å². The van der Waals surface area contributed by atoms with Crippen molar-refractivity contribution in [3.63, 3.8) is 0 Å². The smallest absolute Gasteiger partial charge is 0.308 e. The molecule has 1 heterocycles. The molecule has 2 aromatic carbocycles. The summed E-state index contributed by atoms with van der Waals surface area (Å²) in [6, 6.07) is 13.5. The number of hydrogen-bond donors (Lipinski definition) is 2. The lowest BCUT2D eigenvalue weighted by molar-refractivity contribution is 0.262. The fourth-order valence-electron chi connectivity index (χ4n) is 2.32. The van der Waals surface area contributed by atoms with E-state index in [-0.39, 0.29) is 12.4 Å². The predicted molar refractivity (Wildman–Crippen MR) is 94.1 cm³/mol. The van der Waals surface area contributed by atoms with Crippen LogP contribution in [0.4, 0.5) is 20.7 Å². The fraction of sp³-hybridized carbons (Fsp3) is 0.167. The van der Waals surface area contributed by atoms with Gasteiger partial charge in [0.05, 0.1) is 12.2 Å². The van der Waals surface area contributed by atoms with Gasteiger partial charge in [0.1, 0.15) is 5.82 Å². The molecule has 0 aliphatic carbocycles. The van der Waals surface area contributed by atoms with E-state index < -0.39 is 6.03 Å². The van der Waals surface area contributed by atoms with E-state index in [1.54, 1.807) is 29.8 Å². The Bertz CT molecular complexity index is 889. The van der Waals surface area contributed by atoms with E-state index in [9.17, 15) is 9.18 Å². The van der Waals surface area contributed by atoms with Gasteiger partial charge in [-0.2, -0.15) is 0 Å². The summed E-state index contributed by atoms with van der Waals surface area (Å²) in [6.07, 6.45) is 0. The molecule has 25 heavy (non-hydrogen) atoms. The van der Waals surface area contributed by atoms with Crippen LogP contribution in [0.15, 0.2) is 48.5 Å². The van der Waals surface area contributed by atoms with Crippen LogP contribution in [0.3, 0.4) is 0 Å². The number of nitrogens with one attached hydrogen (secondary N) is 2. The molecule has 0 spiro atoms. The van der Waals surface area contributed by atoms with Crippen LogP contribution in [0.5, 0.6) is 0 Å². The average molecular weight is 339 g/mol. The third kappa shape index (κ3) is 4.00. The Balaban J connectivity index is 1.67. The molecule has 1 aromatic heterocycles. The third-order valence-corrected chi connectivity index (χ3v) is 3.80. The summed E-state index contributed by atoms with van der Waals surface area (Å²) < 4.78 is 15.3. The number of carbonyl (C=O) groups is 1. The van der Waals surface area contributed by atoms with Crippen molar-refractivity contribution in [3.8, 4) is 0 Å². The van der Waals surface area contributed by atoms with Crippen LogP contribution in [0.25, 0.3) is 0 Å². The SMILES string of the molecule is Cc1ccc(NC(=O)Nc2nnn(Cc3ccccc3F)c2C)cc1. The number of urea groups is 1. The second-order valence-electron chi connectivity index (χ2n) is 5.72. The molecule has 0 unspecified atom stereocenters. The minimum Gasteiger partial charge on any atom is -0.308 e. The normalized spacial score (nSPS) is 10.5. The van der Waals surface area contributed by atoms with E-state index in [0.29, 0.717) is 22.8 Å².